The van der Waals surface area contributed by atoms with E-state index < -0.39 is 0 Å². The molecule has 0 saturated carbocycles. The first-order valence-corrected chi connectivity index (χ1v) is 6.19. The molecule has 1 aliphatic heterocycles. The summed E-state index contributed by atoms with van der Waals surface area (Å²) < 4.78 is 10.6. The van der Waals surface area contributed by atoms with Crippen LogP contribution < -0.4 is 5.73 Å². The molecule has 0 aromatic carbocycles. The third kappa shape index (κ3) is 2.91. The second kappa shape index (κ2) is 6.10. The molecule has 0 radical (unpaired) electrons. The summed E-state index contributed by atoms with van der Waals surface area (Å²) in [4.78, 5) is 18.1. The lowest BCUT2D eigenvalue weighted by Gasteiger charge is -2.15. The maximum Gasteiger partial charge on any atom is 0.272 e. The molecule has 104 valence electrons. The number of amides is 1. The Morgan fingerprint density at radius 1 is 1.37 bits per heavy atom. The quantitative estimate of drug-likeness (QED) is 0.831. The Morgan fingerprint density at radius 2 is 2.00 bits per heavy atom. The highest BCUT2D eigenvalue weighted by molar-refractivity contribution is 5.92. The van der Waals surface area contributed by atoms with Crippen molar-refractivity contribution in [3.63, 3.8) is 0 Å². The minimum atomic E-state index is -0.106. The van der Waals surface area contributed by atoms with Crippen LogP contribution in [0.4, 0.5) is 0 Å². The Bertz CT molecular complexity index is 423. The Balaban J connectivity index is 2.07. The maximum atomic E-state index is 12.3. The molecule has 0 bridgehead atoms. The molecular formula is C13H19N3O3. The minimum absolute atomic E-state index is 0.0859. The predicted octanol–water partition coefficient (Wildman–Crippen LogP) is 0.0261. The summed E-state index contributed by atoms with van der Waals surface area (Å²) in [7, 11) is 3.25. The second-order valence-corrected chi connectivity index (χ2v) is 4.51. The molecule has 2 rings (SSSR count). The molecule has 1 fully saturated rings. The van der Waals surface area contributed by atoms with Gasteiger partial charge in [0.05, 0.1) is 0 Å². The molecule has 1 aliphatic rings. The minimum Gasteiger partial charge on any atom is -0.377 e. The molecule has 2 N–H and O–H groups in total. The summed E-state index contributed by atoms with van der Waals surface area (Å²) in [5.74, 6) is -0.106. The Kier molecular flexibility index (Phi) is 4.47. The lowest BCUT2D eigenvalue weighted by Crippen LogP contribution is -2.30. The van der Waals surface area contributed by atoms with Crippen LogP contribution in [0.25, 0.3) is 0 Å². The summed E-state index contributed by atoms with van der Waals surface area (Å²) in [6, 6.07) is 3.52. The van der Waals surface area contributed by atoms with E-state index in [1.165, 1.54) is 0 Å². The molecule has 2 heterocycles. The van der Waals surface area contributed by atoms with Gasteiger partial charge in [0.25, 0.3) is 5.91 Å². The zero-order valence-electron chi connectivity index (χ0n) is 11.2. The van der Waals surface area contributed by atoms with Gasteiger partial charge in [-0.05, 0) is 11.6 Å². The Hall–Kier alpha value is -1.50. The number of nitrogens with zero attached hydrogens (tertiary/aromatic N) is 2. The number of likely N-dealkylation sites (tertiary alicyclic amines) is 1. The average Bonchev–Trinajstić information content (AvgIpc) is 2.89. The topological polar surface area (TPSA) is 77.7 Å². The van der Waals surface area contributed by atoms with E-state index in [4.69, 9.17) is 15.2 Å². The number of aromatic nitrogens is 1. The molecule has 2 atom stereocenters. The largest absolute Gasteiger partial charge is 0.377 e. The van der Waals surface area contributed by atoms with Gasteiger partial charge in [-0.3, -0.25) is 9.78 Å². The fourth-order valence-corrected chi connectivity index (χ4v) is 2.20. The zero-order valence-corrected chi connectivity index (χ0v) is 11.2. The van der Waals surface area contributed by atoms with Crippen LogP contribution in [0.3, 0.4) is 0 Å². The highest BCUT2D eigenvalue weighted by Crippen LogP contribution is 2.17. The molecule has 1 aromatic heterocycles. The molecule has 0 aliphatic carbocycles. The van der Waals surface area contributed by atoms with E-state index in [0.29, 0.717) is 25.3 Å². The molecule has 1 aromatic rings. The van der Waals surface area contributed by atoms with Gasteiger partial charge in [-0.1, -0.05) is 6.07 Å². The summed E-state index contributed by atoms with van der Waals surface area (Å²) >= 11 is 0. The SMILES string of the molecule is COC1CN(C(=O)c2ccc(CN)cn2)CC1OC. The number of methoxy groups -OCH3 is 2. The molecule has 6 nitrogen and oxygen atoms in total. The fraction of sp³-hybridized carbons (Fsp3) is 0.538. The van der Waals surface area contributed by atoms with Crippen LogP contribution in [0.2, 0.25) is 0 Å². The maximum absolute atomic E-state index is 12.3. The van der Waals surface area contributed by atoms with E-state index in [0.717, 1.165) is 5.56 Å². The van der Waals surface area contributed by atoms with E-state index >= 15 is 0 Å². The van der Waals surface area contributed by atoms with Crippen molar-refractivity contribution in [2.75, 3.05) is 27.3 Å². The third-order valence-electron chi connectivity index (χ3n) is 3.39. The van der Waals surface area contributed by atoms with E-state index in [1.54, 1.807) is 31.4 Å². The molecule has 19 heavy (non-hydrogen) atoms. The normalized spacial score (nSPS) is 22.8. The van der Waals surface area contributed by atoms with E-state index in [-0.39, 0.29) is 18.1 Å². The lowest BCUT2D eigenvalue weighted by molar-refractivity contribution is -0.00461. The van der Waals surface area contributed by atoms with Crippen molar-refractivity contribution >= 4 is 5.91 Å². The van der Waals surface area contributed by atoms with Gasteiger partial charge in [-0.15, -0.1) is 0 Å². The monoisotopic (exact) mass is 265 g/mol. The van der Waals surface area contributed by atoms with E-state index in [2.05, 4.69) is 4.98 Å². The van der Waals surface area contributed by atoms with E-state index in [1.807, 2.05) is 6.07 Å². The van der Waals surface area contributed by atoms with Crippen molar-refractivity contribution in [3.05, 3.63) is 29.6 Å². The number of pyridine rings is 1. The van der Waals surface area contributed by atoms with Gasteiger partial charge < -0.3 is 20.1 Å². The van der Waals surface area contributed by atoms with Gasteiger partial charge in [-0.2, -0.15) is 0 Å². The van der Waals surface area contributed by atoms with Crippen molar-refractivity contribution in [1.82, 2.24) is 9.88 Å². The number of hydrogen-bond donors (Lipinski definition) is 1. The number of hydrogen-bond acceptors (Lipinski definition) is 5. The number of carbonyl (C=O) groups excluding carboxylic acids is 1. The molecule has 1 amide bonds. The van der Waals surface area contributed by atoms with Gasteiger partial charge in [0, 0.05) is 40.1 Å². The van der Waals surface area contributed by atoms with Crippen LogP contribution in [-0.4, -0.2) is 55.3 Å². The van der Waals surface area contributed by atoms with Crippen LogP contribution in [0.15, 0.2) is 18.3 Å². The van der Waals surface area contributed by atoms with Crippen molar-refractivity contribution in [2.24, 2.45) is 5.73 Å². The highest BCUT2D eigenvalue weighted by Gasteiger charge is 2.36. The Labute approximate surface area is 112 Å². The first kappa shape index (κ1) is 13.9. The summed E-state index contributed by atoms with van der Waals surface area (Å²) in [5, 5.41) is 0. The summed E-state index contributed by atoms with van der Waals surface area (Å²) in [6.45, 7) is 1.46. The number of nitrogens with two attached hydrogens (primary N) is 1. The van der Waals surface area contributed by atoms with Gasteiger partial charge in [0.15, 0.2) is 0 Å². The fourth-order valence-electron chi connectivity index (χ4n) is 2.20. The average molecular weight is 265 g/mol. The number of rotatable bonds is 4. The molecule has 0 spiro atoms. The summed E-state index contributed by atoms with van der Waals surface area (Å²) in [5.41, 5.74) is 6.83. The van der Waals surface area contributed by atoms with Crippen molar-refractivity contribution in [1.29, 1.82) is 0 Å². The molecular weight excluding hydrogens is 246 g/mol. The first-order chi connectivity index (χ1) is 9.19. The summed E-state index contributed by atoms with van der Waals surface area (Å²) in [6.07, 6.45) is 1.46. The molecule has 1 saturated heterocycles. The van der Waals surface area contributed by atoms with Crippen molar-refractivity contribution < 1.29 is 14.3 Å². The molecule has 2 unspecified atom stereocenters. The van der Waals surface area contributed by atoms with Gasteiger partial charge in [-0.25, -0.2) is 0 Å². The van der Waals surface area contributed by atoms with Crippen molar-refractivity contribution in [2.45, 2.75) is 18.8 Å². The predicted molar refractivity (Wildman–Crippen MR) is 69.6 cm³/mol. The number of carbonyl (C=O) groups is 1. The van der Waals surface area contributed by atoms with Gasteiger partial charge >= 0.3 is 0 Å². The van der Waals surface area contributed by atoms with Crippen LogP contribution in [0.5, 0.6) is 0 Å². The zero-order chi connectivity index (χ0) is 13.8. The third-order valence-corrected chi connectivity index (χ3v) is 3.39. The first-order valence-electron chi connectivity index (χ1n) is 6.19. The van der Waals surface area contributed by atoms with Crippen LogP contribution in [-0.2, 0) is 16.0 Å². The van der Waals surface area contributed by atoms with Crippen molar-refractivity contribution in [3.8, 4) is 0 Å². The highest BCUT2D eigenvalue weighted by atomic mass is 16.5. The van der Waals surface area contributed by atoms with Crippen LogP contribution in [0, 0.1) is 0 Å². The standard InChI is InChI=1S/C13H19N3O3/c1-18-11-7-16(8-12(11)19-2)13(17)10-4-3-9(5-14)6-15-10/h3-4,6,11-12H,5,7-8,14H2,1-2H3. The van der Waals surface area contributed by atoms with Crippen LogP contribution in [0.1, 0.15) is 16.1 Å². The molecule has 6 heteroatoms. The smallest absolute Gasteiger partial charge is 0.272 e. The van der Waals surface area contributed by atoms with Gasteiger partial charge in [0.1, 0.15) is 17.9 Å². The number of ether oxygens (including phenoxy) is 2. The van der Waals surface area contributed by atoms with E-state index in [9.17, 15) is 4.79 Å². The van der Waals surface area contributed by atoms with Crippen LogP contribution >= 0.6 is 0 Å². The van der Waals surface area contributed by atoms with Gasteiger partial charge in [0.2, 0.25) is 0 Å². The lowest BCUT2D eigenvalue weighted by atomic mass is 10.2. The second-order valence-electron chi connectivity index (χ2n) is 4.51. The Morgan fingerprint density at radius 3 is 2.42 bits per heavy atom.